The molecule has 0 bridgehead atoms. The lowest BCUT2D eigenvalue weighted by molar-refractivity contribution is -0.137. The van der Waals surface area contributed by atoms with Crippen LogP contribution in [0.5, 0.6) is 0 Å². The SMILES string of the molecule is O=C(N/N=C\c1cccs1)C(=O)Nc1ccc(Cl)c(C(F)(F)F)c1. The van der Waals surface area contributed by atoms with Gasteiger partial charge in [-0.05, 0) is 29.6 Å². The number of anilines is 1. The molecule has 10 heteroatoms. The highest BCUT2D eigenvalue weighted by molar-refractivity contribution is 7.11. The van der Waals surface area contributed by atoms with E-state index in [1.165, 1.54) is 17.6 Å². The Balaban J connectivity index is 2.00. The summed E-state index contributed by atoms with van der Waals surface area (Å²) in [7, 11) is 0. The fourth-order valence-electron chi connectivity index (χ4n) is 1.58. The average molecular weight is 376 g/mol. The van der Waals surface area contributed by atoms with Crippen molar-refractivity contribution in [2.75, 3.05) is 5.32 Å². The number of rotatable bonds is 3. The fraction of sp³-hybridized carbons (Fsp3) is 0.0714. The van der Waals surface area contributed by atoms with Crippen molar-refractivity contribution in [1.29, 1.82) is 0 Å². The summed E-state index contributed by atoms with van der Waals surface area (Å²) in [6, 6.07) is 6.29. The van der Waals surface area contributed by atoms with Crippen molar-refractivity contribution in [3.8, 4) is 0 Å². The first kappa shape index (κ1) is 18.0. The highest BCUT2D eigenvalue weighted by Gasteiger charge is 2.33. The Morgan fingerprint density at radius 3 is 2.58 bits per heavy atom. The number of hydrogen-bond acceptors (Lipinski definition) is 4. The van der Waals surface area contributed by atoms with Gasteiger partial charge < -0.3 is 5.32 Å². The van der Waals surface area contributed by atoms with Gasteiger partial charge in [-0.25, -0.2) is 5.43 Å². The molecule has 126 valence electrons. The van der Waals surface area contributed by atoms with Crippen molar-refractivity contribution in [3.63, 3.8) is 0 Å². The lowest BCUT2D eigenvalue weighted by Gasteiger charge is -2.11. The van der Waals surface area contributed by atoms with Crippen molar-refractivity contribution >= 4 is 46.7 Å². The molecule has 0 spiro atoms. The largest absolute Gasteiger partial charge is 0.417 e. The number of thiophene rings is 1. The molecule has 0 aliphatic rings. The van der Waals surface area contributed by atoms with Gasteiger partial charge in [-0.2, -0.15) is 18.3 Å². The minimum atomic E-state index is -4.68. The third-order valence-electron chi connectivity index (χ3n) is 2.64. The molecular weight excluding hydrogens is 367 g/mol. The van der Waals surface area contributed by atoms with Crippen LogP contribution in [0.25, 0.3) is 0 Å². The van der Waals surface area contributed by atoms with Gasteiger partial charge in [-0.15, -0.1) is 11.3 Å². The van der Waals surface area contributed by atoms with E-state index in [1.54, 1.807) is 17.5 Å². The second kappa shape index (κ2) is 7.45. The summed E-state index contributed by atoms with van der Waals surface area (Å²) in [5.41, 5.74) is 0.647. The van der Waals surface area contributed by atoms with Crippen LogP contribution in [-0.2, 0) is 15.8 Å². The molecule has 0 saturated carbocycles. The second-order valence-corrected chi connectivity index (χ2v) is 5.75. The van der Waals surface area contributed by atoms with Crippen LogP contribution in [0.15, 0.2) is 40.8 Å². The Bertz CT molecular complexity index is 776. The molecule has 0 fully saturated rings. The predicted octanol–water partition coefficient (Wildman–Crippen LogP) is 3.51. The maximum absolute atomic E-state index is 12.7. The van der Waals surface area contributed by atoms with Gasteiger partial charge in [-0.1, -0.05) is 17.7 Å². The van der Waals surface area contributed by atoms with E-state index in [2.05, 4.69) is 5.10 Å². The lowest BCUT2D eigenvalue weighted by atomic mass is 10.2. The topological polar surface area (TPSA) is 70.6 Å². The van der Waals surface area contributed by atoms with E-state index in [-0.39, 0.29) is 5.69 Å². The first-order valence-electron chi connectivity index (χ1n) is 6.32. The van der Waals surface area contributed by atoms with Crippen LogP contribution in [0.2, 0.25) is 5.02 Å². The number of halogens is 4. The van der Waals surface area contributed by atoms with Gasteiger partial charge in [0.05, 0.1) is 16.8 Å². The van der Waals surface area contributed by atoms with E-state index in [9.17, 15) is 22.8 Å². The summed E-state index contributed by atoms with van der Waals surface area (Å²) in [5, 5.41) is 6.91. The van der Waals surface area contributed by atoms with Crippen molar-refractivity contribution in [1.82, 2.24) is 5.43 Å². The Hall–Kier alpha value is -2.39. The van der Waals surface area contributed by atoms with E-state index in [0.29, 0.717) is 6.07 Å². The van der Waals surface area contributed by atoms with Crippen LogP contribution in [0.1, 0.15) is 10.4 Å². The summed E-state index contributed by atoms with van der Waals surface area (Å²) in [4.78, 5) is 23.9. The first-order chi connectivity index (χ1) is 11.3. The second-order valence-electron chi connectivity index (χ2n) is 4.36. The molecule has 2 aromatic rings. The molecular formula is C14H9ClF3N3O2S. The summed E-state index contributed by atoms with van der Waals surface area (Å²) < 4.78 is 38.2. The molecule has 0 unspecified atom stereocenters. The number of alkyl halides is 3. The molecule has 2 N–H and O–H groups in total. The van der Waals surface area contributed by atoms with Gasteiger partial charge in [0, 0.05) is 10.6 Å². The molecule has 0 saturated heterocycles. The maximum atomic E-state index is 12.7. The zero-order chi connectivity index (χ0) is 17.7. The lowest BCUT2D eigenvalue weighted by Crippen LogP contribution is -2.32. The Morgan fingerprint density at radius 1 is 1.21 bits per heavy atom. The Kier molecular flexibility index (Phi) is 5.58. The smallest absolute Gasteiger partial charge is 0.318 e. The van der Waals surface area contributed by atoms with Crippen molar-refractivity contribution < 1.29 is 22.8 Å². The van der Waals surface area contributed by atoms with Crippen molar-refractivity contribution in [3.05, 3.63) is 51.2 Å². The number of amides is 2. The normalized spacial score (nSPS) is 11.5. The number of carbonyl (C=O) groups is 2. The van der Waals surface area contributed by atoms with E-state index < -0.39 is 28.6 Å². The van der Waals surface area contributed by atoms with Crippen LogP contribution >= 0.6 is 22.9 Å². The van der Waals surface area contributed by atoms with Crippen LogP contribution in [-0.4, -0.2) is 18.0 Å². The zero-order valence-corrected chi connectivity index (χ0v) is 13.3. The van der Waals surface area contributed by atoms with Gasteiger partial charge in [0.25, 0.3) is 0 Å². The Labute approximate surface area is 143 Å². The molecule has 0 aliphatic carbocycles. The molecule has 2 amide bonds. The van der Waals surface area contributed by atoms with Crippen molar-refractivity contribution in [2.45, 2.75) is 6.18 Å². The van der Waals surface area contributed by atoms with Crippen LogP contribution in [0.3, 0.4) is 0 Å². The molecule has 0 atom stereocenters. The quantitative estimate of drug-likeness (QED) is 0.489. The average Bonchev–Trinajstić information content (AvgIpc) is 3.01. The number of hydrazone groups is 1. The summed E-state index contributed by atoms with van der Waals surface area (Å²) in [5.74, 6) is -2.28. The van der Waals surface area contributed by atoms with Gasteiger partial charge in [0.15, 0.2) is 0 Å². The predicted molar refractivity (Wildman–Crippen MR) is 85.1 cm³/mol. The summed E-state index contributed by atoms with van der Waals surface area (Å²) in [6.07, 6.45) is -3.34. The third-order valence-corrected chi connectivity index (χ3v) is 3.77. The third kappa shape index (κ3) is 4.80. The zero-order valence-electron chi connectivity index (χ0n) is 11.7. The van der Waals surface area contributed by atoms with E-state index in [1.807, 2.05) is 10.7 Å². The summed E-state index contributed by atoms with van der Waals surface area (Å²) >= 11 is 6.84. The van der Waals surface area contributed by atoms with E-state index >= 15 is 0 Å². The number of nitrogens with one attached hydrogen (secondary N) is 2. The monoisotopic (exact) mass is 375 g/mol. The number of hydrogen-bond donors (Lipinski definition) is 2. The van der Waals surface area contributed by atoms with Crippen LogP contribution in [0.4, 0.5) is 18.9 Å². The van der Waals surface area contributed by atoms with Gasteiger partial charge in [-0.3, -0.25) is 9.59 Å². The van der Waals surface area contributed by atoms with E-state index in [0.717, 1.165) is 17.0 Å². The number of carbonyl (C=O) groups excluding carboxylic acids is 2. The molecule has 1 aromatic carbocycles. The van der Waals surface area contributed by atoms with Crippen LogP contribution < -0.4 is 10.7 Å². The van der Waals surface area contributed by atoms with E-state index in [4.69, 9.17) is 11.6 Å². The van der Waals surface area contributed by atoms with Crippen LogP contribution in [0, 0.1) is 0 Å². The van der Waals surface area contributed by atoms with Gasteiger partial charge in [0.1, 0.15) is 0 Å². The molecule has 1 aromatic heterocycles. The van der Waals surface area contributed by atoms with Gasteiger partial charge >= 0.3 is 18.0 Å². The molecule has 0 aliphatic heterocycles. The molecule has 24 heavy (non-hydrogen) atoms. The highest BCUT2D eigenvalue weighted by Crippen LogP contribution is 2.36. The summed E-state index contributed by atoms with van der Waals surface area (Å²) in [6.45, 7) is 0. The molecule has 2 rings (SSSR count). The van der Waals surface area contributed by atoms with Gasteiger partial charge in [0.2, 0.25) is 0 Å². The standard InChI is InChI=1S/C14H9ClF3N3O2S/c15-11-4-3-8(6-10(11)14(16,17)18)20-12(22)13(23)21-19-7-9-2-1-5-24-9/h1-7H,(H,20,22)(H,21,23)/b19-7-. The maximum Gasteiger partial charge on any atom is 0.417 e. The molecule has 1 heterocycles. The molecule has 5 nitrogen and oxygen atoms in total. The number of benzene rings is 1. The molecule has 0 radical (unpaired) electrons. The fourth-order valence-corrected chi connectivity index (χ4v) is 2.39. The first-order valence-corrected chi connectivity index (χ1v) is 7.58. The van der Waals surface area contributed by atoms with Crippen molar-refractivity contribution in [2.24, 2.45) is 5.10 Å². The minimum absolute atomic E-state index is 0.214. The Morgan fingerprint density at radius 2 is 1.96 bits per heavy atom. The highest BCUT2D eigenvalue weighted by atomic mass is 35.5. The number of nitrogens with zero attached hydrogens (tertiary/aromatic N) is 1. The minimum Gasteiger partial charge on any atom is -0.318 e.